The lowest BCUT2D eigenvalue weighted by atomic mass is 10.2. The number of piperazine rings is 1. The monoisotopic (exact) mass is 268 g/mol. The predicted molar refractivity (Wildman–Crippen MR) is 69.3 cm³/mol. The number of hydrogen-bond acceptors (Lipinski definition) is 5. The van der Waals surface area contributed by atoms with E-state index in [2.05, 4.69) is 15.2 Å². The van der Waals surface area contributed by atoms with Gasteiger partial charge in [-0.2, -0.15) is 0 Å². The van der Waals surface area contributed by atoms with Gasteiger partial charge >= 0.3 is 6.09 Å². The molecule has 0 aromatic carbocycles. The Morgan fingerprint density at radius 1 is 1.33 bits per heavy atom. The molecule has 6 nitrogen and oxygen atoms in total. The molecule has 0 bridgehead atoms. The molecule has 18 heavy (non-hydrogen) atoms. The molecule has 98 valence electrons. The van der Waals surface area contributed by atoms with Crippen LogP contribution in [0, 0.1) is 0 Å². The van der Waals surface area contributed by atoms with E-state index >= 15 is 0 Å². The highest BCUT2D eigenvalue weighted by Gasteiger charge is 2.25. The topological polar surface area (TPSA) is 68.7 Å². The fourth-order valence-electron chi connectivity index (χ4n) is 2.34. The van der Waals surface area contributed by atoms with Gasteiger partial charge in [-0.15, -0.1) is 0 Å². The van der Waals surface area contributed by atoms with Crippen molar-refractivity contribution < 1.29 is 9.90 Å². The van der Waals surface area contributed by atoms with E-state index in [-0.39, 0.29) is 0 Å². The van der Waals surface area contributed by atoms with Gasteiger partial charge in [-0.05, 0) is 0 Å². The van der Waals surface area contributed by atoms with Crippen LogP contribution in [-0.2, 0) is 13.0 Å². The zero-order valence-electron chi connectivity index (χ0n) is 10.1. The van der Waals surface area contributed by atoms with Crippen LogP contribution in [0.25, 0.3) is 0 Å². The summed E-state index contributed by atoms with van der Waals surface area (Å²) in [5, 5.41) is 13.4. The van der Waals surface area contributed by atoms with Crippen LogP contribution in [0.3, 0.4) is 0 Å². The van der Waals surface area contributed by atoms with Crippen molar-refractivity contribution in [1.29, 1.82) is 0 Å². The molecular weight excluding hydrogens is 252 g/mol. The van der Waals surface area contributed by atoms with Crippen LogP contribution in [0.1, 0.15) is 10.6 Å². The van der Waals surface area contributed by atoms with E-state index in [0.717, 1.165) is 48.3 Å². The Morgan fingerprint density at radius 2 is 2.11 bits per heavy atom. The summed E-state index contributed by atoms with van der Waals surface area (Å²) in [5.74, 6) is 0. The van der Waals surface area contributed by atoms with E-state index in [1.165, 1.54) is 4.90 Å². The molecule has 3 heterocycles. The first kappa shape index (κ1) is 11.7. The maximum atomic E-state index is 11.0. The summed E-state index contributed by atoms with van der Waals surface area (Å²) in [6.45, 7) is 5.00. The van der Waals surface area contributed by atoms with Crippen LogP contribution >= 0.6 is 11.3 Å². The quantitative estimate of drug-likeness (QED) is 0.780. The van der Waals surface area contributed by atoms with E-state index in [9.17, 15) is 4.79 Å². The Balaban J connectivity index is 1.78. The molecule has 0 spiro atoms. The number of thiazole rings is 1. The van der Waals surface area contributed by atoms with Gasteiger partial charge in [-0.25, -0.2) is 9.78 Å². The summed E-state index contributed by atoms with van der Waals surface area (Å²) in [5.41, 5.74) is 1.09. The average molecular weight is 268 g/mol. The third-order valence-electron chi connectivity index (χ3n) is 3.38. The lowest BCUT2D eigenvalue weighted by molar-refractivity contribution is 0.140. The van der Waals surface area contributed by atoms with Gasteiger partial charge in [0.25, 0.3) is 0 Å². The van der Waals surface area contributed by atoms with Crippen molar-refractivity contribution in [2.75, 3.05) is 37.6 Å². The van der Waals surface area contributed by atoms with E-state index < -0.39 is 6.09 Å². The summed E-state index contributed by atoms with van der Waals surface area (Å²) in [7, 11) is 0. The van der Waals surface area contributed by atoms with Crippen LogP contribution in [0.2, 0.25) is 0 Å². The third-order valence-corrected chi connectivity index (χ3v) is 4.52. The molecule has 0 radical (unpaired) electrons. The molecule has 1 aromatic rings. The molecule has 0 atom stereocenters. The zero-order chi connectivity index (χ0) is 12.5. The fraction of sp³-hybridized carbons (Fsp3) is 0.636. The highest BCUT2D eigenvalue weighted by atomic mass is 32.1. The van der Waals surface area contributed by atoms with Gasteiger partial charge in [0.05, 0.1) is 12.2 Å². The second-order valence-electron chi connectivity index (χ2n) is 4.56. The molecule has 7 heteroatoms. The van der Waals surface area contributed by atoms with E-state index in [1.54, 1.807) is 11.3 Å². The number of amides is 1. The van der Waals surface area contributed by atoms with Crippen LogP contribution < -0.4 is 10.2 Å². The van der Waals surface area contributed by atoms with Crippen LogP contribution in [0.5, 0.6) is 0 Å². The summed E-state index contributed by atoms with van der Waals surface area (Å²) < 4.78 is 0. The van der Waals surface area contributed by atoms with Crippen molar-refractivity contribution in [2.24, 2.45) is 0 Å². The minimum atomic E-state index is -0.835. The number of aromatic nitrogens is 1. The van der Waals surface area contributed by atoms with Gasteiger partial charge in [0.2, 0.25) is 0 Å². The fourth-order valence-corrected chi connectivity index (χ4v) is 3.51. The van der Waals surface area contributed by atoms with Crippen LogP contribution in [0.15, 0.2) is 0 Å². The van der Waals surface area contributed by atoms with Crippen LogP contribution in [-0.4, -0.2) is 53.8 Å². The van der Waals surface area contributed by atoms with E-state index in [0.29, 0.717) is 13.1 Å². The lowest BCUT2D eigenvalue weighted by Crippen LogP contribution is -2.43. The van der Waals surface area contributed by atoms with Gasteiger partial charge in [0, 0.05) is 44.0 Å². The summed E-state index contributed by atoms with van der Waals surface area (Å²) in [4.78, 5) is 20.5. The summed E-state index contributed by atoms with van der Waals surface area (Å²) in [6.07, 6.45) is -0.0951. The Hall–Kier alpha value is -1.34. The highest BCUT2D eigenvalue weighted by molar-refractivity contribution is 7.15. The Kier molecular flexibility index (Phi) is 3.09. The molecule has 2 aliphatic rings. The Morgan fingerprint density at radius 3 is 2.83 bits per heavy atom. The first-order chi connectivity index (χ1) is 8.74. The van der Waals surface area contributed by atoms with Gasteiger partial charge in [0.15, 0.2) is 5.13 Å². The maximum Gasteiger partial charge on any atom is 0.407 e. The SMILES string of the molecule is O=C(O)N1CCc2nc(N3CCNCC3)sc2C1. The molecule has 0 aliphatic carbocycles. The van der Waals surface area contributed by atoms with Crippen molar-refractivity contribution in [3.05, 3.63) is 10.6 Å². The molecule has 1 saturated heterocycles. The number of hydrogen-bond donors (Lipinski definition) is 2. The maximum absolute atomic E-state index is 11.0. The highest BCUT2D eigenvalue weighted by Crippen LogP contribution is 2.30. The number of anilines is 1. The van der Waals surface area contributed by atoms with Gasteiger partial charge < -0.3 is 20.2 Å². The largest absolute Gasteiger partial charge is 0.465 e. The standard InChI is InChI=1S/C11H16N4O2S/c16-11(17)15-4-1-8-9(7-15)18-10(13-8)14-5-2-12-3-6-14/h12H,1-7H2,(H,16,17). The lowest BCUT2D eigenvalue weighted by Gasteiger charge is -2.26. The molecule has 1 aromatic heterocycles. The van der Waals surface area contributed by atoms with Crippen LogP contribution in [0.4, 0.5) is 9.93 Å². The smallest absolute Gasteiger partial charge is 0.407 e. The molecule has 2 N–H and O–H groups in total. The van der Waals surface area contributed by atoms with Crippen molar-refractivity contribution in [3.63, 3.8) is 0 Å². The minimum Gasteiger partial charge on any atom is -0.465 e. The Labute approximate surface area is 109 Å². The number of nitrogens with zero attached hydrogens (tertiary/aromatic N) is 3. The zero-order valence-corrected chi connectivity index (χ0v) is 10.9. The van der Waals surface area contributed by atoms with Crippen molar-refractivity contribution in [3.8, 4) is 0 Å². The molecular formula is C11H16N4O2S. The molecule has 0 unspecified atom stereocenters. The van der Waals surface area contributed by atoms with Crippen molar-refractivity contribution in [1.82, 2.24) is 15.2 Å². The first-order valence-electron chi connectivity index (χ1n) is 6.16. The van der Waals surface area contributed by atoms with Gasteiger partial charge in [0.1, 0.15) is 0 Å². The number of rotatable bonds is 1. The van der Waals surface area contributed by atoms with E-state index in [4.69, 9.17) is 5.11 Å². The predicted octanol–water partition coefficient (Wildman–Crippen LogP) is 0.589. The minimum absolute atomic E-state index is 0.494. The molecule has 2 aliphatic heterocycles. The van der Waals surface area contributed by atoms with Crippen molar-refractivity contribution >= 4 is 22.6 Å². The molecule has 3 rings (SSSR count). The number of carbonyl (C=O) groups is 1. The normalized spacial score (nSPS) is 19.8. The molecule has 0 saturated carbocycles. The second-order valence-corrected chi connectivity index (χ2v) is 5.62. The second kappa shape index (κ2) is 4.74. The number of fused-ring (bicyclic) bond motifs is 1. The van der Waals surface area contributed by atoms with E-state index in [1.807, 2.05) is 0 Å². The summed E-state index contributed by atoms with van der Waals surface area (Å²) >= 11 is 1.65. The number of carboxylic acid groups (broad SMARTS) is 1. The van der Waals surface area contributed by atoms with Gasteiger partial charge in [-0.1, -0.05) is 11.3 Å². The molecule has 1 fully saturated rings. The molecule has 1 amide bonds. The van der Waals surface area contributed by atoms with Gasteiger partial charge in [-0.3, -0.25) is 0 Å². The Bertz CT molecular complexity index is 456. The summed E-state index contributed by atoms with van der Waals surface area (Å²) in [6, 6.07) is 0. The third kappa shape index (κ3) is 2.15. The first-order valence-corrected chi connectivity index (χ1v) is 6.98. The number of nitrogens with one attached hydrogen (secondary N) is 1. The average Bonchev–Trinajstić information content (AvgIpc) is 2.82. The van der Waals surface area contributed by atoms with Crippen molar-refractivity contribution in [2.45, 2.75) is 13.0 Å².